The first-order valence-corrected chi connectivity index (χ1v) is 20.5. The van der Waals surface area contributed by atoms with E-state index in [-0.39, 0.29) is 24.8 Å². The number of aryl methyl sites for hydroxylation is 4. The van der Waals surface area contributed by atoms with Crippen molar-refractivity contribution in [1.29, 1.82) is 0 Å². The van der Waals surface area contributed by atoms with Gasteiger partial charge in [-0.2, -0.15) is 9.13 Å². The van der Waals surface area contributed by atoms with Crippen LogP contribution in [0.15, 0.2) is 85.2 Å². The number of benzene rings is 4. The smallest absolute Gasteiger partial charge is 0.214 e. The highest BCUT2D eigenvalue weighted by atomic mass is 35.5. The molecule has 6 heterocycles. The maximum atomic E-state index is 3.77. The summed E-state index contributed by atoms with van der Waals surface area (Å²) in [5.41, 5.74) is 13.0. The van der Waals surface area contributed by atoms with E-state index in [1.807, 2.05) is 0 Å². The molecule has 6 nitrogen and oxygen atoms in total. The standard InChI is InChI=1S/C48H52N6.2ClH/c1-31-25-39-41-29-53(45-11-7-5-9-37(45)47(41)49-43(39)27-33(31)3)23-21-51-17-13-35(14-18-51)36-15-19-52(20-16-36)22-24-54-30-42-40-26-32(2)34(4)28-44(40)50-48(42)38-10-6-8-12-46(38)54;;/h5-12,25-30,35-36H,13-24H2,1-4H3;2*1H. The van der Waals surface area contributed by atoms with Crippen molar-refractivity contribution in [1.82, 2.24) is 19.8 Å². The van der Waals surface area contributed by atoms with E-state index in [0.29, 0.717) is 0 Å². The van der Waals surface area contributed by atoms with Crippen LogP contribution in [0.1, 0.15) is 47.9 Å². The predicted octanol–water partition coefficient (Wildman–Crippen LogP) is 3.20. The minimum absolute atomic E-state index is 0. The molecule has 0 atom stereocenters. The molecule has 10 rings (SSSR count). The number of hydrogen-bond acceptors (Lipinski definition) is 2. The van der Waals surface area contributed by atoms with Gasteiger partial charge in [0.25, 0.3) is 0 Å². The largest absolute Gasteiger partial charge is 1.00 e. The summed E-state index contributed by atoms with van der Waals surface area (Å²) in [6, 6.07) is 27.2. The van der Waals surface area contributed by atoms with Crippen molar-refractivity contribution in [3.8, 4) is 0 Å². The van der Waals surface area contributed by atoms with E-state index in [2.05, 4.69) is 142 Å². The Kier molecular flexibility index (Phi) is 10.8. The minimum Gasteiger partial charge on any atom is -1.00 e. The third kappa shape index (κ3) is 6.83. The zero-order valence-electron chi connectivity index (χ0n) is 33.3. The lowest BCUT2D eigenvalue weighted by molar-refractivity contribution is -0.670. The molecule has 56 heavy (non-hydrogen) atoms. The highest BCUT2D eigenvalue weighted by Gasteiger charge is 2.30. The van der Waals surface area contributed by atoms with Gasteiger partial charge in [-0.1, -0.05) is 24.3 Å². The number of halogens is 2. The van der Waals surface area contributed by atoms with Crippen LogP contribution in [0, 0.1) is 39.5 Å². The average molecular weight is 786 g/mol. The molecule has 0 amide bonds. The number of rotatable bonds is 7. The van der Waals surface area contributed by atoms with E-state index in [0.717, 1.165) is 38.0 Å². The van der Waals surface area contributed by atoms with Crippen molar-refractivity contribution in [3.05, 3.63) is 107 Å². The first kappa shape index (κ1) is 38.7. The molecule has 0 bridgehead atoms. The Morgan fingerprint density at radius 3 is 1.29 bits per heavy atom. The van der Waals surface area contributed by atoms with Crippen LogP contribution in [0.4, 0.5) is 0 Å². The highest BCUT2D eigenvalue weighted by molar-refractivity contribution is 6.16. The van der Waals surface area contributed by atoms with Gasteiger partial charge in [-0.3, -0.25) is 9.80 Å². The molecule has 290 valence electrons. The van der Waals surface area contributed by atoms with E-state index in [1.54, 1.807) is 0 Å². The predicted molar refractivity (Wildman–Crippen MR) is 224 cm³/mol. The van der Waals surface area contributed by atoms with Crippen LogP contribution in [0.2, 0.25) is 0 Å². The quantitative estimate of drug-likeness (QED) is 0.244. The molecule has 0 spiro atoms. The molecule has 2 aliphatic rings. The fourth-order valence-electron chi connectivity index (χ4n) is 10.1. The number of H-pyrrole nitrogens is 2. The van der Waals surface area contributed by atoms with Gasteiger partial charge < -0.3 is 34.8 Å². The number of piperidine rings is 2. The van der Waals surface area contributed by atoms with Crippen molar-refractivity contribution < 1.29 is 33.9 Å². The second-order valence-corrected chi connectivity index (χ2v) is 16.8. The number of hydrogen-bond donors (Lipinski definition) is 2. The van der Waals surface area contributed by atoms with Crippen LogP contribution in [0.25, 0.3) is 65.4 Å². The SMILES string of the molecule is Cc1cc2[nH]c3c(c[n+](CCN4CCC(C5CCN(CC[n+]6cc7c8cc(C)c(C)cc8[nH]c7c7ccccc76)CC5)CC4)c4ccccc34)c2cc1C.[Cl-].[Cl-]. The Morgan fingerprint density at radius 2 is 0.875 bits per heavy atom. The number of nitrogens with one attached hydrogen (secondary N) is 2. The van der Waals surface area contributed by atoms with Crippen molar-refractivity contribution in [2.75, 3.05) is 39.3 Å². The topological polar surface area (TPSA) is 45.8 Å². The molecule has 4 aromatic carbocycles. The Hall–Kier alpha value is -4.20. The van der Waals surface area contributed by atoms with Crippen LogP contribution in [-0.4, -0.2) is 59.0 Å². The molecule has 2 N–H and O–H groups in total. The zero-order valence-corrected chi connectivity index (χ0v) is 34.8. The van der Waals surface area contributed by atoms with Crippen LogP contribution in [-0.2, 0) is 13.1 Å². The van der Waals surface area contributed by atoms with E-state index in [4.69, 9.17) is 0 Å². The molecule has 0 unspecified atom stereocenters. The van der Waals surface area contributed by atoms with Gasteiger partial charge in [-0.25, -0.2) is 0 Å². The number of fused-ring (bicyclic) bond motifs is 10. The molecule has 8 heteroatoms. The number of aromatic amines is 2. The van der Waals surface area contributed by atoms with E-state index < -0.39 is 0 Å². The summed E-state index contributed by atoms with van der Waals surface area (Å²) in [5, 5.41) is 7.99. The van der Waals surface area contributed by atoms with Gasteiger partial charge in [0.2, 0.25) is 11.0 Å². The van der Waals surface area contributed by atoms with Crippen LogP contribution in [0.3, 0.4) is 0 Å². The third-order valence-corrected chi connectivity index (χ3v) is 13.7. The third-order valence-electron chi connectivity index (χ3n) is 13.7. The summed E-state index contributed by atoms with van der Waals surface area (Å²) in [6.07, 6.45) is 10.2. The monoisotopic (exact) mass is 784 g/mol. The molecular weight excluding hydrogens is 731 g/mol. The Morgan fingerprint density at radius 1 is 0.500 bits per heavy atom. The average Bonchev–Trinajstić information content (AvgIpc) is 3.73. The van der Waals surface area contributed by atoms with Gasteiger partial charge in [0, 0.05) is 33.9 Å². The maximum absolute atomic E-state index is 3.77. The first-order valence-electron chi connectivity index (χ1n) is 20.5. The second-order valence-electron chi connectivity index (χ2n) is 16.8. The summed E-state index contributed by atoms with van der Waals surface area (Å²) >= 11 is 0. The van der Waals surface area contributed by atoms with E-state index >= 15 is 0 Å². The lowest BCUT2D eigenvalue weighted by Gasteiger charge is -2.39. The number of nitrogens with zero attached hydrogens (tertiary/aromatic N) is 4. The van der Waals surface area contributed by atoms with E-state index in [1.165, 1.54) is 140 Å². The fraction of sp³-hybridized carbons (Fsp3) is 0.375. The Bertz CT molecular complexity index is 2530. The number of aromatic nitrogens is 4. The Labute approximate surface area is 342 Å². The summed E-state index contributed by atoms with van der Waals surface area (Å²) in [5.74, 6) is 1.75. The molecule has 2 saturated heterocycles. The number of para-hydroxylation sites is 2. The van der Waals surface area contributed by atoms with Gasteiger partial charge in [0.15, 0.2) is 25.5 Å². The lowest BCUT2D eigenvalue weighted by atomic mass is 9.79. The normalized spacial score (nSPS) is 16.4. The molecule has 0 saturated carbocycles. The first-order chi connectivity index (χ1) is 26.4. The number of likely N-dealkylation sites (tertiary alicyclic amines) is 2. The molecule has 0 radical (unpaired) electrons. The van der Waals surface area contributed by atoms with Gasteiger partial charge in [-0.05, 0) is 150 Å². The number of pyridine rings is 2. The maximum Gasteiger partial charge on any atom is 0.214 e. The van der Waals surface area contributed by atoms with Gasteiger partial charge >= 0.3 is 0 Å². The molecule has 0 aliphatic carbocycles. The van der Waals surface area contributed by atoms with Gasteiger partial charge in [0.05, 0.1) is 45.7 Å². The van der Waals surface area contributed by atoms with Crippen molar-refractivity contribution >= 4 is 65.4 Å². The second kappa shape index (κ2) is 15.6. The lowest BCUT2D eigenvalue weighted by Crippen LogP contribution is -3.00. The molecular formula is C48H54Cl2N6. The molecule has 8 aromatic rings. The van der Waals surface area contributed by atoms with E-state index in [9.17, 15) is 0 Å². The van der Waals surface area contributed by atoms with Crippen molar-refractivity contribution in [2.45, 2.75) is 66.5 Å². The van der Waals surface area contributed by atoms with Gasteiger partial charge in [-0.15, -0.1) is 0 Å². The molecule has 2 fully saturated rings. The Balaban J connectivity index is 0.00000220. The fourth-order valence-corrected chi connectivity index (χ4v) is 10.1. The van der Waals surface area contributed by atoms with Crippen LogP contribution >= 0.6 is 0 Å². The summed E-state index contributed by atoms with van der Waals surface area (Å²) in [4.78, 5) is 13.0. The van der Waals surface area contributed by atoms with Crippen LogP contribution in [0.5, 0.6) is 0 Å². The minimum atomic E-state index is 0. The molecule has 4 aromatic heterocycles. The van der Waals surface area contributed by atoms with Crippen molar-refractivity contribution in [3.63, 3.8) is 0 Å². The molecule has 2 aliphatic heterocycles. The zero-order chi connectivity index (χ0) is 36.5. The van der Waals surface area contributed by atoms with Gasteiger partial charge in [0.1, 0.15) is 0 Å². The summed E-state index contributed by atoms with van der Waals surface area (Å²) in [7, 11) is 0. The summed E-state index contributed by atoms with van der Waals surface area (Å²) < 4.78 is 5.03. The van der Waals surface area contributed by atoms with Crippen molar-refractivity contribution in [2.24, 2.45) is 11.8 Å². The summed E-state index contributed by atoms with van der Waals surface area (Å²) in [6.45, 7) is 18.1. The highest BCUT2D eigenvalue weighted by Crippen LogP contribution is 2.34. The van der Waals surface area contributed by atoms with Crippen LogP contribution < -0.4 is 33.9 Å².